The molecule has 1 heterocycles. The summed E-state index contributed by atoms with van der Waals surface area (Å²) in [5, 5.41) is 3.47. The summed E-state index contributed by atoms with van der Waals surface area (Å²) >= 11 is 0. The van der Waals surface area contributed by atoms with E-state index in [0.717, 1.165) is 10.9 Å². The summed E-state index contributed by atoms with van der Waals surface area (Å²) in [6, 6.07) is 6.97. The first-order valence-corrected chi connectivity index (χ1v) is 7.08. The molecule has 2 N–H and O–H groups in total. The van der Waals surface area contributed by atoms with Crippen LogP contribution in [0.25, 0.3) is 10.9 Å². The Morgan fingerprint density at radius 1 is 1.23 bits per heavy atom. The fourth-order valence-electron chi connectivity index (χ4n) is 1.95. The number of hydrogen-bond donors (Lipinski definition) is 2. The molecule has 22 heavy (non-hydrogen) atoms. The maximum atomic E-state index is 11.7. The number of hydrogen-bond acceptors (Lipinski definition) is 4. The predicted octanol–water partition coefficient (Wildman–Crippen LogP) is 3.69. The third kappa shape index (κ3) is 4.00. The summed E-state index contributed by atoms with van der Waals surface area (Å²) in [4.78, 5) is 26.4. The fraction of sp³-hybridized carbons (Fsp3) is 0.375. The van der Waals surface area contributed by atoms with Crippen LogP contribution in [0.5, 0.6) is 0 Å². The number of carbonyl (C=O) groups excluding carboxylic acids is 2. The summed E-state index contributed by atoms with van der Waals surface area (Å²) in [5.41, 5.74) is 1.21. The zero-order valence-electron chi connectivity index (χ0n) is 13.1. The van der Waals surface area contributed by atoms with Gasteiger partial charge in [0.1, 0.15) is 11.3 Å². The molecule has 118 valence electrons. The highest BCUT2D eigenvalue weighted by Crippen LogP contribution is 2.21. The minimum absolute atomic E-state index is 0.319. The van der Waals surface area contributed by atoms with E-state index in [9.17, 15) is 9.59 Å². The monoisotopic (exact) mass is 304 g/mol. The van der Waals surface area contributed by atoms with Gasteiger partial charge in [-0.3, -0.25) is 5.32 Å². The van der Waals surface area contributed by atoms with Crippen molar-refractivity contribution in [3.63, 3.8) is 0 Å². The number of aromatic nitrogens is 1. The van der Waals surface area contributed by atoms with Crippen molar-refractivity contribution >= 4 is 28.7 Å². The quantitative estimate of drug-likeness (QED) is 0.847. The summed E-state index contributed by atoms with van der Waals surface area (Å²) in [6.45, 7) is 7.47. The van der Waals surface area contributed by atoms with Crippen molar-refractivity contribution in [3.8, 4) is 0 Å². The van der Waals surface area contributed by atoms with Crippen LogP contribution in [0.3, 0.4) is 0 Å². The van der Waals surface area contributed by atoms with E-state index >= 15 is 0 Å². The van der Waals surface area contributed by atoms with E-state index in [1.54, 1.807) is 52.0 Å². The highest BCUT2D eigenvalue weighted by atomic mass is 16.6. The molecule has 0 fully saturated rings. The van der Waals surface area contributed by atoms with E-state index in [1.165, 1.54) is 0 Å². The van der Waals surface area contributed by atoms with Crippen LogP contribution >= 0.6 is 0 Å². The molecular weight excluding hydrogens is 284 g/mol. The lowest BCUT2D eigenvalue weighted by atomic mass is 10.2. The maximum absolute atomic E-state index is 11.7. The lowest BCUT2D eigenvalue weighted by Gasteiger charge is -2.19. The Labute approximate surface area is 128 Å². The first-order chi connectivity index (χ1) is 10.3. The van der Waals surface area contributed by atoms with Crippen molar-refractivity contribution in [2.75, 3.05) is 11.9 Å². The molecule has 0 radical (unpaired) electrons. The first kappa shape index (κ1) is 15.9. The van der Waals surface area contributed by atoms with Crippen LogP contribution in [-0.4, -0.2) is 29.3 Å². The van der Waals surface area contributed by atoms with Crippen molar-refractivity contribution in [1.82, 2.24) is 4.98 Å². The van der Waals surface area contributed by atoms with Gasteiger partial charge in [-0.15, -0.1) is 0 Å². The second-order valence-corrected chi connectivity index (χ2v) is 5.83. The van der Waals surface area contributed by atoms with Gasteiger partial charge in [0.25, 0.3) is 0 Å². The van der Waals surface area contributed by atoms with Crippen molar-refractivity contribution < 1.29 is 19.1 Å². The Hall–Kier alpha value is -2.50. The van der Waals surface area contributed by atoms with Gasteiger partial charge in [0.15, 0.2) is 0 Å². The van der Waals surface area contributed by atoms with Gasteiger partial charge in [0.2, 0.25) is 0 Å². The summed E-state index contributed by atoms with van der Waals surface area (Å²) in [5.74, 6) is -0.402. The van der Waals surface area contributed by atoms with Crippen LogP contribution in [0.15, 0.2) is 24.3 Å². The van der Waals surface area contributed by atoms with Gasteiger partial charge in [-0.2, -0.15) is 0 Å². The Balaban J connectivity index is 2.16. The molecule has 0 aliphatic heterocycles. The highest BCUT2D eigenvalue weighted by molar-refractivity contribution is 5.97. The zero-order chi connectivity index (χ0) is 16.3. The lowest BCUT2D eigenvalue weighted by molar-refractivity contribution is 0.0519. The molecule has 2 aromatic rings. The molecule has 0 saturated carbocycles. The third-order valence-corrected chi connectivity index (χ3v) is 2.76. The van der Waals surface area contributed by atoms with Crippen molar-refractivity contribution in [2.24, 2.45) is 0 Å². The van der Waals surface area contributed by atoms with E-state index < -0.39 is 17.7 Å². The number of H-pyrrole nitrogens is 1. The van der Waals surface area contributed by atoms with Crippen LogP contribution in [0, 0.1) is 0 Å². The molecule has 1 amide bonds. The number of anilines is 1. The molecule has 1 aromatic carbocycles. The predicted molar refractivity (Wildman–Crippen MR) is 84.1 cm³/mol. The molecule has 0 bridgehead atoms. The number of amides is 1. The van der Waals surface area contributed by atoms with Crippen molar-refractivity contribution in [1.29, 1.82) is 0 Å². The van der Waals surface area contributed by atoms with Gasteiger partial charge in [-0.05, 0) is 52.0 Å². The minimum Gasteiger partial charge on any atom is -0.461 e. The van der Waals surface area contributed by atoms with E-state index in [0.29, 0.717) is 18.0 Å². The van der Waals surface area contributed by atoms with Crippen LogP contribution in [-0.2, 0) is 9.47 Å². The third-order valence-electron chi connectivity index (χ3n) is 2.76. The Bertz CT molecular complexity index is 698. The summed E-state index contributed by atoms with van der Waals surface area (Å²) < 4.78 is 10.1. The molecule has 0 saturated heterocycles. The topological polar surface area (TPSA) is 80.4 Å². The molecule has 0 aliphatic rings. The number of fused-ring (bicyclic) bond motifs is 1. The number of benzene rings is 1. The normalized spacial score (nSPS) is 11.3. The molecule has 6 heteroatoms. The van der Waals surface area contributed by atoms with Gasteiger partial charge in [-0.1, -0.05) is 0 Å². The van der Waals surface area contributed by atoms with Gasteiger partial charge >= 0.3 is 12.1 Å². The molecule has 0 unspecified atom stereocenters. The Morgan fingerprint density at radius 2 is 1.95 bits per heavy atom. The molecule has 2 rings (SSSR count). The van der Waals surface area contributed by atoms with E-state index in [-0.39, 0.29) is 0 Å². The number of aromatic amines is 1. The van der Waals surface area contributed by atoms with Crippen molar-refractivity contribution in [2.45, 2.75) is 33.3 Å². The van der Waals surface area contributed by atoms with Gasteiger partial charge in [0.05, 0.1) is 6.61 Å². The fourth-order valence-corrected chi connectivity index (χ4v) is 1.95. The van der Waals surface area contributed by atoms with E-state index in [1.807, 2.05) is 0 Å². The average Bonchev–Trinajstić information content (AvgIpc) is 2.79. The van der Waals surface area contributed by atoms with Crippen LogP contribution in [0.1, 0.15) is 38.2 Å². The van der Waals surface area contributed by atoms with Crippen LogP contribution < -0.4 is 5.32 Å². The van der Waals surface area contributed by atoms with Crippen LogP contribution in [0.4, 0.5) is 10.5 Å². The SMILES string of the molecule is CCOC(=O)c1cc2cc(NC(=O)OC(C)(C)C)ccc2[nH]1. The average molecular weight is 304 g/mol. The number of carbonyl (C=O) groups is 2. The standard InChI is InChI=1S/C16H20N2O4/c1-5-21-14(19)13-9-10-8-11(6-7-12(10)18-13)17-15(20)22-16(2,3)4/h6-9,18H,5H2,1-4H3,(H,17,20). The first-order valence-electron chi connectivity index (χ1n) is 7.08. The van der Waals surface area contributed by atoms with Crippen LogP contribution in [0.2, 0.25) is 0 Å². The number of ether oxygens (including phenoxy) is 2. The zero-order valence-corrected chi connectivity index (χ0v) is 13.1. The second-order valence-electron chi connectivity index (χ2n) is 5.83. The summed E-state index contributed by atoms with van der Waals surface area (Å²) in [6.07, 6.45) is -0.520. The summed E-state index contributed by atoms with van der Waals surface area (Å²) in [7, 11) is 0. The van der Waals surface area contributed by atoms with Gasteiger partial charge in [-0.25, -0.2) is 9.59 Å². The Morgan fingerprint density at radius 3 is 2.59 bits per heavy atom. The number of esters is 1. The number of rotatable bonds is 3. The Kier molecular flexibility index (Phi) is 4.40. The van der Waals surface area contributed by atoms with E-state index in [2.05, 4.69) is 10.3 Å². The molecule has 1 aromatic heterocycles. The lowest BCUT2D eigenvalue weighted by Crippen LogP contribution is -2.27. The minimum atomic E-state index is -0.556. The highest BCUT2D eigenvalue weighted by Gasteiger charge is 2.16. The van der Waals surface area contributed by atoms with Gasteiger partial charge < -0.3 is 14.5 Å². The molecule has 0 spiro atoms. The smallest absolute Gasteiger partial charge is 0.412 e. The largest absolute Gasteiger partial charge is 0.461 e. The number of nitrogens with one attached hydrogen (secondary N) is 2. The maximum Gasteiger partial charge on any atom is 0.412 e. The molecule has 0 atom stereocenters. The second kappa shape index (κ2) is 6.09. The van der Waals surface area contributed by atoms with Gasteiger partial charge in [0, 0.05) is 16.6 Å². The molecule has 0 aliphatic carbocycles. The van der Waals surface area contributed by atoms with Crippen molar-refractivity contribution in [3.05, 3.63) is 30.0 Å². The molecule has 6 nitrogen and oxygen atoms in total. The van der Waals surface area contributed by atoms with E-state index in [4.69, 9.17) is 9.47 Å². The molecular formula is C16H20N2O4.